The van der Waals surface area contributed by atoms with Crippen molar-refractivity contribution in [2.24, 2.45) is 5.73 Å². The molecule has 0 saturated carbocycles. The van der Waals surface area contributed by atoms with Crippen LogP contribution in [0.4, 0.5) is 5.69 Å². The van der Waals surface area contributed by atoms with E-state index in [9.17, 15) is 5.26 Å². The van der Waals surface area contributed by atoms with Gasteiger partial charge in [-0.2, -0.15) is 10.4 Å². The summed E-state index contributed by atoms with van der Waals surface area (Å²) >= 11 is 0. The van der Waals surface area contributed by atoms with Crippen LogP contribution in [-0.2, 0) is 4.74 Å². The SMILES string of the molecule is CC1(N)CCN(c2ccc(-c3cc(OCCN4CCOCC4)cn4ncc(C#N)c34)nc2)CC1.Cl.Cl. The lowest BCUT2D eigenvalue weighted by molar-refractivity contribution is 0.0322. The topological polar surface area (TPSA) is 105 Å². The Hall–Kier alpha value is -2.61. The van der Waals surface area contributed by atoms with Gasteiger partial charge >= 0.3 is 0 Å². The van der Waals surface area contributed by atoms with Gasteiger partial charge in [-0.1, -0.05) is 0 Å². The zero-order valence-corrected chi connectivity index (χ0v) is 22.1. The van der Waals surface area contributed by atoms with Gasteiger partial charge < -0.3 is 20.1 Å². The van der Waals surface area contributed by atoms with Gasteiger partial charge in [-0.3, -0.25) is 9.88 Å². The first-order valence-corrected chi connectivity index (χ1v) is 11.9. The predicted molar refractivity (Wildman–Crippen MR) is 144 cm³/mol. The van der Waals surface area contributed by atoms with Gasteiger partial charge in [0.1, 0.15) is 18.4 Å². The molecule has 9 nitrogen and oxygen atoms in total. The molecule has 0 bridgehead atoms. The van der Waals surface area contributed by atoms with Crippen LogP contribution in [0.3, 0.4) is 0 Å². The van der Waals surface area contributed by atoms with Crippen molar-refractivity contribution in [1.29, 1.82) is 5.26 Å². The molecule has 0 amide bonds. The highest BCUT2D eigenvalue weighted by Gasteiger charge is 2.26. The van der Waals surface area contributed by atoms with E-state index in [0.717, 1.165) is 81.2 Å². The lowest BCUT2D eigenvalue weighted by Gasteiger charge is -2.37. The normalized spacial score (nSPS) is 17.6. The molecule has 5 heterocycles. The number of piperidine rings is 1. The smallest absolute Gasteiger partial charge is 0.138 e. The predicted octanol–water partition coefficient (Wildman–Crippen LogP) is 3.14. The van der Waals surface area contributed by atoms with E-state index in [0.29, 0.717) is 17.9 Å². The molecule has 36 heavy (non-hydrogen) atoms. The molecule has 2 aliphatic rings. The average molecular weight is 534 g/mol. The van der Waals surface area contributed by atoms with Crippen molar-refractivity contribution < 1.29 is 9.47 Å². The molecule has 2 saturated heterocycles. The first-order valence-electron chi connectivity index (χ1n) is 11.9. The lowest BCUT2D eigenvalue weighted by atomic mass is 9.91. The van der Waals surface area contributed by atoms with Gasteiger partial charge in [-0.05, 0) is 38.0 Å². The number of hydrogen-bond donors (Lipinski definition) is 1. The van der Waals surface area contributed by atoms with Crippen LogP contribution in [0.5, 0.6) is 5.75 Å². The van der Waals surface area contributed by atoms with Crippen molar-refractivity contribution in [3.05, 3.63) is 42.4 Å². The van der Waals surface area contributed by atoms with E-state index in [2.05, 4.69) is 34.0 Å². The summed E-state index contributed by atoms with van der Waals surface area (Å²) in [6.45, 7) is 8.76. The first-order chi connectivity index (χ1) is 16.5. The molecule has 0 aromatic carbocycles. The number of nitriles is 1. The third-order valence-electron chi connectivity index (χ3n) is 6.78. The second-order valence-corrected chi connectivity index (χ2v) is 9.40. The molecule has 5 rings (SSSR count). The van der Waals surface area contributed by atoms with Gasteiger partial charge in [0.25, 0.3) is 0 Å². The van der Waals surface area contributed by atoms with Crippen molar-refractivity contribution in [3.63, 3.8) is 0 Å². The molecule has 194 valence electrons. The Labute approximate surface area is 224 Å². The Morgan fingerprint density at radius 1 is 1.14 bits per heavy atom. The summed E-state index contributed by atoms with van der Waals surface area (Å²) in [6, 6.07) is 8.30. The fraction of sp³-hybridized carbons (Fsp3) is 0.480. The molecule has 0 unspecified atom stereocenters. The van der Waals surface area contributed by atoms with Crippen molar-refractivity contribution in [1.82, 2.24) is 19.5 Å². The standard InChI is InChI=1S/C25H31N7O2.2ClH/c1-25(27)4-6-31(7-5-25)20-2-3-23(28-17-20)22-14-21(18-32-24(22)19(15-26)16-29-32)34-13-10-30-8-11-33-12-9-30;;/h2-3,14,16-18H,4-13,27H2,1H3;2*1H. The molecule has 2 N–H and O–H groups in total. The molecule has 0 atom stereocenters. The molecular weight excluding hydrogens is 501 g/mol. The molecule has 3 aromatic rings. The summed E-state index contributed by atoms with van der Waals surface area (Å²) in [6.07, 6.45) is 7.23. The van der Waals surface area contributed by atoms with Gasteiger partial charge in [0.05, 0.1) is 54.3 Å². The average Bonchev–Trinajstić information content (AvgIpc) is 3.28. The van der Waals surface area contributed by atoms with E-state index in [1.807, 2.05) is 24.5 Å². The summed E-state index contributed by atoms with van der Waals surface area (Å²) < 4.78 is 13.2. The van der Waals surface area contributed by atoms with Crippen molar-refractivity contribution >= 4 is 36.0 Å². The zero-order chi connectivity index (χ0) is 23.5. The third-order valence-corrected chi connectivity index (χ3v) is 6.78. The Morgan fingerprint density at radius 2 is 1.89 bits per heavy atom. The maximum Gasteiger partial charge on any atom is 0.138 e. The van der Waals surface area contributed by atoms with Gasteiger partial charge in [-0.25, -0.2) is 4.52 Å². The minimum atomic E-state index is -0.0899. The number of rotatable bonds is 6. The molecule has 0 radical (unpaired) electrons. The van der Waals surface area contributed by atoms with Crippen molar-refractivity contribution in [3.8, 4) is 23.1 Å². The summed E-state index contributed by atoms with van der Waals surface area (Å²) in [5.74, 6) is 0.701. The van der Waals surface area contributed by atoms with Crippen LogP contribution in [0.1, 0.15) is 25.3 Å². The second kappa shape index (κ2) is 12.1. The fourth-order valence-electron chi connectivity index (χ4n) is 4.58. The van der Waals surface area contributed by atoms with Crippen LogP contribution in [-0.4, -0.2) is 77.6 Å². The molecule has 0 spiro atoms. The lowest BCUT2D eigenvalue weighted by Crippen LogP contribution is -2.48. The largest absolute Gasteiger partial charge is 0.491 e. The van der Waals surface area contributed by atoms with Crippen LogP contribution in [0, 0.1) is 11.3 Å². The maximum atomic E-state index is 9.62. The van der Waals surface area contributed by atoms with E-state index in [-0.39, 0.29) is 30.4 Å². The first kappa shape index (κ1) is 28.0. The second-order valence-electron chi connectivity index (χ2n) is 9.40. The van der Waals surface area contributed by atoms with E-state index in [4.69, 9.17) is 20.2 Å². The highest BCUT2D eigenvalue weighted by atomic mass is 35.5. The molecule has 0 aliphatic carbocycles. The van der Waals surface area contributed by atoms with Gasteiger partial charge in [0.15, 0.2) is 0 Å². The van der Waals surface area contributed by atoms with Crippen LogP contribution >= 0.6 is 24.8 Å². The molecule has 2 fully saturated rings. The minimum Gasteiger partial charge on any atom is -0.491 e. The Kier molecular flexibility index (Phi) is 9.39. The Balaban J connectivity index is 0.00000180. The van der Waals surface area contributed by atoms with E-state index < -0.39 is 0 Å². The monoisotopic (exact) mass is 533 g/mol. The highest BCUT2D eigenvalue weighted by molar-refractivity contribution is 5.86. The van der Waals surface area contributed by atoms with E-state index in [1.54, 1.807) is 10.7 Å². The summed E-state index contributed by atoms with van der Waals surface area (Å²) in [5, 5.41) is 14.0. The van der Waals surface area contributed by atoms with Gasteiger partial charge in [0, 0.05) is 43.8 Å². The number of morpholine rings is 1. The fourth-order valence-corrected chi connectivity index (χ4v) is 4.58. The summed E-state index contributed by atoms with van der Waals surface area (Å²) in [5.41, 5.74) is 10.1. The van der Waals surface area contributed by atoms with Crippen molar-refractivity contribution in [2.45, 2.75) is 25.3 Å². The number of fused-ring (bicyclic) bond motifs is 1. The summed E-state index contributed by atoms with van der Waals surface area (Å²) in [7, 11) is 0. The summed E-state index contributed by atoms with van der Waals surface area (Å²) in [4.78, 5) is 9.42. The van der Waals surface area contributed by atoms with Crippen LogP contribution in [0.2, 0.25) is 0 Å². The van der Waals surface area contributed by atoms with Crippen LogP contribution in [0.15, 0.2) is 36.8 Å². The minimum absolute atomic E-state index is 0. The number of nitrogens with zero attached hydrogens (tertiary/aromatic N) is 6. The Morgan fingerprint density at radius 3 is 2.56 bits per heavy atom. The zero-order valence-electron chi connectivity index (χ0n) is 20.4. The van der Waals surface area contributed by atoms with Crippen LogP contribution < -0.4 is 15.4 Å². The number of aromatic nitrogens is 3. The quantitative estimate of drug-likeness (QED) is 0.515. The van der Waals surface area contributed by atoms with E-state index in [1.165, 1.54) is 0 Å². The number of halogens is 2. The number of pyridine rings is 2. The molecule has 2 aliphatic heterocycles. The Bertz CT molecular complexity index is 1180. The highest BCUT2D eigenvalue weighted by Crippen LogP contribution is 2.31. The molecule has 11 heteroatoms. The number of ether oxygens (including phenoxy) is 2. The van der Waals surface area contributed by atoms with Gasteiger partial charge in [0.2, 0.25) is 0 Å². The number of nitrogens with two attached hydrogens (primary N) is 1. The molecular formula is C25H33Cl2N7O2. The van der Waals surface area contributed by atoms with E-state index >= 15 is 0 Å². The third kappa shape index (κ3) is 6.20. The molecule has 3 aromatic heterocycles. The number of anilines is 1. The van der Waals surface area contributed by atoms with Gasteiger partial charge in [-0.15, -0.1) is 24.8 Å². The number of hydrogen-bond acceptors (Lipinski definition) is 8. The maximum absolute atomic E-state index is 9.62. The van der Waals surface area contributed by atoms with Crippen molar-refractivity contribution in [2.75, 3.05) is 57.4 Å². The van der Waals surface area contributed by atoms with Crippen LogP contribution in [0.25, 0.3) is 16.8 Å².